The van der Waals surface area contributed by atoms with Gasteiger partial charge in [-0.3, -0.25) is 9.59 Å². The maximum Gasteiger partial charge on any atom is 0.223 e. The molecule has 0 unspecified atom stereocenters. The van der Waals surface area contributed by atoms with Gasteiger partial charge in [0.2, 0.25) is 11.8 Å². The van der Waals surface area contributed by atoms with Gasteiger partial charge in [0.1, 0.15) is 0 Å². The van der Waals surface area contributed by atoms with E-state index in [0.29, 0.717) is 19.6 Å². The first kappa shape index (κ1) is 14.1. The summed E-state index contributed by atoms with van der Waals surface area (Å²) in [6, 6.07) is 4.12. The number of piperidine rings is 1. The Morgan fingerprint density at radius 2 is 2.05 bits per heavy atom. The van der Waals surface area contributed by atoms with Crippen LogP contribution in [0, 0.1) is 12.8 Å². The summed E-state index contributed by atoms with van der Waals surface area (Å²) in [5.41, 5.74) is 0. The monoisotopic (exact) mass is 280 g/mol. The Morgan fingerprint density at radius 3 is 2.58 bits per heavy atom. The van der Waals surface area contributed by atoms with Crippen LogP contribution in [0.5, 0.6) is 0 Å². The van der Waals surface area contributed by atoms with Crippen molar-refractivity contribution in [3.8, 4) is 0 Å². The molecular weight excluding hydrogens is 260 g/mol. The van der Waals surface area contributed by atoms with Crippen molar-refractivity contribution < 1.29 is 9.59 Å². The standard InChI is InChI=1S/C14H20N2O2S/c1-10-3-4-13(19-10)9-15-14(18)12-5-7-16(8-6-12)11(2)17/h3-4,12H,5-9H2,1-2H3,(H,15,18). The van der Waals surface area contributed by atoms with Gasteiger partial charge in [-0.15, -0.1) is 11.3 Å². The van der Waals surface area contributed by atoms with Crippen LogP contribution >= 0.6 is 11.3 Å². The van der Waals surface area contributed by atoms with Crippen LogP contribution in [0.25, 0.3) is 0 Å². The SMILES string of the molecule is CC(=O)N1CCC(C(=O)NCc2ccc(C)s2)CC1. The quantitative estimate of drug-likeness (QED) is 0.920. The van der Waals surface area contributed by atoms with Crippen molar-refractivity contribution in [1.82, 2.24) is 10.2 Å². The lowest BCUT2D eigenvalue weighted by molar-refractivity contribution is -0.134. The van der Waals surface area contributed by atoms with Gasteiger partial charge >= 0.3 is 0 Å². The van der Waals surface area contributed by atoms with E-state index < -0.39 is 0 Å². The van der Waals surface area contributed by atoms with Crippen molar-refractivity contribution in [3.05, 3.63) is 21.9 Å². The first-order valence-electron chi connectivity index (χ1n) is 6.65. The van der Waals surface area contributed by atoms with Crippen molar-refractivity contribution >= 4 is 23.2 Å². The van der Waals surface area contributed by atoms with Gasteiger partial charge in [0.05, 0.1) is 6.54 Å². The number of hydrogen-bond donors (Lipinski definition) is 1. The molecule has 2 heterocycles. The Hall–Kier alpha value is -1.36. The van der Waals surface area contributed by atoms with Crippen molar-refractivity contribution in [2.24, 2.45) is 5.92 Å². The van der Waals surface area contributed by atoms with E-state index in [1.165, 1.54) is 9.75 Å². The second-order valence-corrected chi connectivity index (χ2v) is 6.38. The summed E-state index contributed by atoms with van der Waals surface area (Å²) in [6.07, 6.45) is 1.55. The molecule has 0 aliphatic carbocycles. The molecule has 5 heteroatoms. The predicted molar refractivity (Wildman–Crippen MR) is 75.9 cm³/mol. The zero-order valence-corrected chi connectivity index (χ0v) is 12.3. The van der Waals surface area contributed by atoms with E-state index in [1.54, 1.807) is 18.3 Å². The highest BCUT2D eigenvalue weighted by Gasteiger charge is 2.25. The second kappa shape index (κ2) is 6.19. The summed E-state index contributed by atoms with van der Waals surface area (Å²) in [4.78, 5) is 27.5. The van der Waals surface area contributed by atoms with E-state index in [4.69, 9.17) is 0 Å². The van der Waals surface area contributed by atoms with Gasteiger partial charge in [-0.25, -0.2) is 0 Å². The number of hydrogen-bond acceptors (Lipinski definition) is 3. The number of rotatable bonds is 3. The predicted octanol–water partition coefficient (Wildman–Crippen LogP) is 1.93. The molecule has 4 nitrogen and oxygen atoms in total. The number of likely N-dealkylation sites (tertiary alicyclic amines) is 1. The summed E-state index contributed by atoms with van der Waals surface area (Å²) in [5, 5.41) is 2.99. The molecule has 1 fully saturated rings. The van der Waals surface area contributed by atoms with Gasteiger partial charge in [0.15, 0.2) is 0 Å². The van der Waals surface area contributed by atoms with Gasteiger partial charge < -0.3 is 10.2 Å². The third-order valence-electron chi connectivity index (χ3n) is 3.54. The molecule has 0 atom stereocenters. The van der Waals surface area contributed by atoms with Crippen LogP contribution in [0.2, 0.25) is 0 Å². The molecule has 0 spiro atoms. The Morgan fingerprint density at radius 1 is 1.37 bits per heavy atom. The van der Waals surface area contributed by atoms with Gasteiger partial charge in [-0.2, -0.15) is 0 Å². The zero-order chi connectivity index (χ0) is 13.8. The Balaban J connectivity index is 1.77. The molecule has 0 bridgehead atoms. The van der Waals surface area contributed by atoms with E-state index in [9.17, 15) is 9.59 Å². The summed E-state index contributed by atoms with van der Waals surface area (Å²) in [7, 11) is 0. The van der Waals surface area contributed by atoms with Gasteiger partial charge in [0.25, 0.3) is 0 Å². The first-order chi connectivity index (χ1) is 9.06. The normalized spacial score (nSPS) is 16.4. The van der Waals surface area contributed by atoms with E-state index in [-0.39, 0.29) is 17.7 Å². The minimum Gasteiger partial charge on any atom is -0.351 e. The van der Waals surface area contributed by atoms with Crippen molar-refractivity contribution in [3.63, 3.8) is 0 Å². The molecule has 1 N–H and O–H groups in total. The van der Waals surface area contributed by atoms with Gasteiger partial charge in [-0.1, -0.05) is 0 Å². The first-order valence-corrected chi connectivity index (χ1v) is 7.46. The molecule has 1 aromatic heterocycles. The van der Waals surface area contributed by atoms with E-state index >= 15 is 0 Å². The fraction of sp³-hybridized carbons (Fsp3) is 0.571. The van der Waals surface area contributed by atoms with Crippen LogP contribution in [0.4, 0.5) is 0 Å². The maximum atomic E-state index is 12.0. The van der Waals surface area contributed by atoms with Crippen LogP contribution in [0.1, 0.15) is 29.5 Å². The molecule has 1 aromatic rings. The number of nitrogens with zero attached hydrogens (tertiary/aromatic N) is 1. The largest absolute Gasteiger partial charge is 0.351 e. The van der Waals surface area contributed by atoms with Crippen LogP contribution < -0.4 is 5.32 Å². The molecule has 0 saturated carbocycles. The topological polar surface area (TPSA) is 49.4 Å². The van der Waals surface area contributed by atoms with Crippen LogP contribution in [-0.2, 0) is 16.1 Å². The minimum atomic E-state index is 0.0525. The Labute approximate surface area is 117 Å². The fourth-order valence-corrected chi connectivity index (χ4v) is 3.19. The molecule has 2 rings (SSSR count). The van der Waals surface area contributed by atoms with Crippen LogP contribution in [0.3, 0.4) is 0 Å². The molecule has 0 aromatic carbocycles. The van der Waals surface area contributed by atoms with Crippen molar-refractivity contribution in [2.45, 2.75) is 33.2 Å². The highest BCUT2D eigenvalue weighted by molar-refractivity contribution is 7.11. The number of thiophene rings is 1. The van der Waals surface area contributed by atoms with Crippen LogP contribution in [-0.4, -0.2) is 29.8 Å². The van der Waals surface area contributed by atoms with E-state index in [0.717, 1.165) is 12.8 Å². The number of amides is 2. The number of carbonyl (C=O) groups is 2. The van der Waals surface area contributed by atoms with Gasteiger partial charge in [-0.05, 0) is 31.9 Å². The number of nitrogens with one attached hydrogen (secondary N) is 1. The van der Waals surface area contributed by atoms with Gasteiger partial charge in [0, 0.05) is 35.7 Å². The molecule has 1 aliphatic heterocycles. The fourth-order valence-electron chi connectivity index (χ4n) is 2.36. The molecular formula is C14H20N2O2S. The third kappa shape index (κ3) is 3.80. The third-order valence-corrected chi connectivity index (χ3v) is 4.54. The Bertz CT molecular complexity index is 462. The highest BCUT2D eigenvalue weighted by atomic mass is 32.1. The molecule has 1 aliphatic rings. The zero-order valence-electron chi connectivity index (χ0n) is 11.4. The summed E-state index contributed by atoms with van der Waals surface area (Å²) < 4.78 is 0. The van der Waals surface area contributed by atoms with E-state index in [1.807, 2.05) is 4.90 Å². The maximum absolute atomic E-state index is 12.0. The van der Waals surface area contributed by atoms with Crippen molar-refractivity contribution in [1.29, 1.82) is 0 Å². The summed E-state index contributed by atoms with van der Waals surface area (Å²) in [5.74, 6) is 0.277. The summed E-state index contributed by atoms with van der Waals surface area (Å²) in [6.45, 7) is 5.66. The average Bonchev–Trinajstić information content (AvgIpc) is 2.82. The molecule has 0 radical (unpaired) electrons. The Kier molecular flexibility index (Phi) is 4.58. The lowest BCUT2D eigenvalue weighted by Crippen LogP contribution is -2.42. The lowest BCUT2D eigenvalue weighted by Gasteiger charge is -2.30. The molecule has 1 saturated heterocycles. The number of carbonyl (C=O) groups excluding carboxylic acids is 2. The highest BCUT2D eigenvalue weighted by Crippen LogP contribution is 2.18. The average molecular weight is 280 g/mol. The molecule has 2 amide bonds. The molecule has 104 valence electrons. The number of aryl methyl sites for hydroxylation is 1. The summed E-state index contributed by atoms with van der Waals surface area (Å²) >= 11 is 1.71. The minimum absolute atomic E-state index is 0.0525. The van der Waals surface area contributed by atoms with Crippen LogP contribution in [0.15, 0.2) is 12.1 Å². The second-order valence-electron chi connectivity index (χ2n) is 5.01. The lowest BCUT2D eigenvalue weighted by atomic mass is 9.96. The molecule has 19 heavy (non-hydrogen) atoms. The van der Waals surface area contributed by atoms with E-state index in [2.05, 4.69) is 24.4 Å². The smallest absolute Gasteiger partial charge is 0.223 e. The van der Waals surface area contributed by atoms with Crippen molar-refractivity contribution in [2.75, 3.05) is 13.1 Å².